The maximum atomic E-state index is 12.0. The Labute approximate surface area is 176 Å². The van der Waals surface area contributed by atoms with Gasteiger partial charge in [-0.05, 0) is 58.2 Å². The van der Waals surface area contributed by atoms with Crippen LogP contribution < -0.4 is 19.5 Å². The molecule has 0 aliphatic carbocycles. The Balaban J connectivity index is 1.85. The van der Waals surface area contributed by atoms with Gasteiger partial charge in [0.1, 0.15) is 5.75 Å². The van der Waals surface area contributed by atoms with Crippen LogP contribution in [0.25, 0.3) is 0 Å². The van der Waals surface area contributed by atoms with Crippen molar-refractivity contribution in [2.24, 2.45) is 0 Å². The largest absolute Gasteiger partial charge is 0.493 e. The highest BCUT2D eigenvalue weighted by molar-refractivity contribution is 9.11. The number of nitrogens with one attached hydrogen (secondary N) is 1. The molecule has 7 heteroatoms. The average Bonchev–Trinajstić information content (AvgIpc) is 2.66. The van der Waals surface area contributed by atoms with Crippen molar-refractivity contribution in [2.75, 3.05) is 20.3 Å². The molecule has 0 atom stereocenters. The van der Waals surface area contributed by atoms with E-state index in [2.05, 4.69) is 44.1 Å². The second-order valence-electron chi connectivity index (χ2n) is 5.83. The van der Waals surface area contributed by atoms with E-state index in [9.17, 15) is 4.79 Å². The van der Waals surface area contributed by atoms with Gasteiger partial charge in [0.25, 0.3) is 5.91 Å². The minimum absolute atomic E-state index is 0.0599. The van der Waals surface area contributed by atoms with Crippen LogP contribution in [0.1, 0.15) is 25.3 Å². The van der Waals surface area contributed by atoms with Crippen molar-refractivity contribution in [3.8, 4) is 17.2 Å². The number of hydrogen-bond donors (Lipinski definition) is 1. The molecule has 0 aromatic heterocycles. The van der Waals surface area contributed by atoms with Crippen LogP contribution in [0.2, 0.25) is 0 Å². The fraction of sp³-hybridized carbons (Fsp3) is 0.350. The second kappa shape index (κ2) is 11.2. The standard InChI is InChI=1S/C20H23Br2NO4/c1-3-4-9-26-18-7-5-14(10-19(18)25-2)12-23-20(24)13-27-17-8-6-15(21)11-16(17)22/h5-8,10-11H,3-4,9,12-13H2,1-2H3,(H,23,24). The first-order chi connectivity index (χ1) is 13.0. The normalized spacial score (nSPS) is 10.4. The van der Waals surface area contributed by atoms with Crippen LogP contribution in [0.4, 0.5) is 0 Å². The number of benzene rings is 2. The van der Waals surface area contributed by atoms with Crippen molar-refractivity contribution in [2.45, 2.75) is 26.3 Å². The zero-order chi connectivity index (χ0) is 19.6. The summed E-state index contributed by atoms with van der Waals surface area (Å²) in [6.07, 6.45) is 2.07. The molecule has 1 N–H and O–H groups in total. The Bertz CT molecular complexity index is 768. The van der Waals surface area contributed by atoms with Gasteiger partial charge in [-0.2, -0.15) is 0 Å². The van der Waals surface area contributed by atoms with Gasteiger partial charge in [-0.15, -0.1) is 0 Å². The summed E-state index contributed by atoms with van der Waals surface area (Å²) in [5.41, 5.74) is 0.924. The van der Waals surface area contributed by atoms with E-state index in [1.807, 2.05) is 30.3 Å². The third kappa shape index (κ3) is 7.07. The molecule has 5 nitrogen and oxygen atoms in total. The third-order valence-electron chi connectivity index (χ3n) is 3.73. The molecule has 27 heavy (non-hydrogen) atoms. The van der Waals surface area contributed by atoms with Gasteiger partial charge in [-0.25, -0.2) is 0 Å². The van der Waals surface area contributed by atoms with Crippen molar-refractivity contribution >= 4 is 37.8 Å². The highest BCUT2D eigenvalue weighted by atomic mass is 79.9. The Morgan fingerprint density at radius 1 is 1.04 bits per heavy atom. The lowest BCUT2D eigenvalue weighted by molar-refractivity contribution is -0.123. The molecule has 0 fully saturated rings. The summed E-state index contributed by atoms with van der Waals surface area (Å²) < 4.78 is 18.4. The van der Waals surface area contributed by atoms with Crippen molar-refractivity contribution in [1.29, 1.82) is 0 Å². The Hall–Kier alpha value is -1.73. The number of methoxy groups -OCH3 is 1. The highest BCUT2D eigenvalue weighted by Gasteiger charge is 2.09. The molecule has 0 radical (unpaired) electrons. The van der Waals surface area contributed by atoms with E-state index in [-0.39, 0.29) is 12.5 Å². The van der Waals surface area contributed by atoms with E-state index in [1.54, 1.807) is 13.2 Å². The zero-order valence-corrected chi connectivity index (χ0v) is 18.6. The summed E-state index contributed by atoms with van der Waals surface area (Å²) in [4.78, 5) is 12.0. The van der Waals surface area contributed by atoms with E-state index in [1.165, 1.54) is 0 Å². The van der Waals surface area contributed by atoms with Gasteiger partial charge in [0, 0.05) is 11.0 Å². The summed E-state index contributed by atoms with van der Waals surface area (Å²) in [5.74, 6) is 1.79. The molecule has 2 aromatic carbocycles. The number of carbonyl (C=O) groups is 1. The quantitative estimate of drug-likeness (QED) is 0.461. The van der Waals surface area contributed by atoms with E-state index < -0.39 is 0 Å². The molecular formula is C20H23Br2NO4. The monoisotopic (exact) mass is 499 g/mol. The smallest absolute Gasteiger partial charge is 0.258 e. The van der Waals surface area contributed by atoms with E-state index in [0.717, 1.165) is 27.4 Å². The average molecular weight is 501 g/mol. The number of rotatable bonds is 10. The van der Waals surface area contributed by atoms with Crippen molar-refractivity contribution in [3.63, 3.8) is 0 Å². The predicted octanol–water partition coefficient (Wildman–Crippen LogP) is 5.09. The van der Waals surface area contributed by atoms with Crippen molar-refractivity contribution in [1.82, 2.24) is 5.32 Å². The van der Waals surface area contributed by atoms with Gasteiger partial charge in [0.15, 0.2) is 18.1 Å². The first-order valence-electron chi connectivity index (χ1n) is 8.67. The molecule has 2 rings (SSSR count). The molecule has 0 aliphatic rings. The summed E-state index contributed by atoms with van der Waals surface area (Å²) >= 11 is 6.78. The minimum Gasteiger partial charge on any atom is -0.493 e. The third-order valence-corrected chi connectivity index (χ3v) is 4.84. The van der Waals surface area contributed by atoms with Gasteiger partial charge in [0.2, 0.25) is 0 Å². The van der Waals surface area contributed by atoms with E-state index in [4.69, 9.17) is 14.2 Å². The van der Waals surface area contributed by atoms with Crippen LogP contribution in [0, 0.1) is 0 Å². The molecule has 0 aliphatic heterocycles. The number of amides is 1. The maximum absolute atomic E-state index is 12.0. The minimum atomic E-state index is -0.202. The maximum Gasteiger partial charge on any atom is 0.258 e. The molecule has 0 saturated carbocycles. The van der Waals surface area contributed by atoms with Crippen molar-refractivity contribution < 1.29 is 19.0 Å². The molecule has 0 heterocycles. The SMILES string of the molecule is CCCCOc1ccc(CNC(=O)COc2ccc(Br)cc2Br)cc1OC. The second-order valence-corrected chi connectivity index (χ2v) is 7.60. The van der Waals surface area contributed by atoms with Crippen LogP contribution in [0.15, 0.2) is 45.3 Å². The Kier molecular flexibility index (Phi) is 8.94. The lowest BCUT2D eigenvalue weighted by Crippen LogP contribution is -2.28. The lowest BCUT2D eigenvalue weighted by atomic mass is 10.2. The number of hydrogen-bond acceptors (Lipinski definition) is 4. The van der Waals surface area contributed by atoms with Gasteiger partial charge in [0.05, 0.1) is 18.2 Å². The number of halogens is 2. The molecule has 1 amide bonds. The van der Waals surface area contributed by atoms with Crippen LogP contribution >= 0.6 is 31.9 Å². The molecule has 146 valence electrons. The number of unbranched alkanes of at least 4 members (excludes halogenated alkanes) is 1. The molecule has 2 aromatic rings. The summed E-state index contributed by atoms with van der Waals surface area (Å²) in [6, 6.07) is 11.2. The van der Waals surface area contributed by atoms with Crippen LogP contribution in [0.5, 0.6) is 17.2 Å². The van der Waals surface area contributed by atoms with Gasteiger partial charge in [-0.3, -0.25) is 4.79 Å². The molecule has 0 unspecified atom stereocenters. The highest BCUT2D eigenvalue weighted by Crippen LogP contribution is 2.29. The molecule has 0 saturated heterocycles. The zero-order valence-electron chi connectivity index (χ0n) is 15.4. The van der Waals surface area contributed by atoms with Gasteiger partial charge >= 0.3 is 0 Å². The lowest BCUT2D eigenvalue weighted by Gasteiger charge is -2.13. The van der Waals surface area contributed by atoms with Crippen LogP contribution in [-0.2, 0) is 11.3 Å². The van der Waals surface area contributed by atoms with Gasteiger partial charge in [-0.1, -0.05) is 35.3 Å². The van der Waals surface area contributed by atoms with Crippen LogP contribution in [0.3, 0.4) is 0 Å². The Morgan fingerprint density at radius 2 is 1.81 bits per heavy atom. The summed E-state index contributed by atoms with van der Waals surface area (Å²) in [7, 11) is 1.61. The summed E-state index contributed by atoms with van der Waals surface area (Å²) in [5, 5.41) is 2.84. The predicted molar refractivity (Wildman–Crippen MR) is 113 cm³/mol. The summed E-state index contributed by atoms with van der Waals surface area (Å²) in [6.45, 7) is 3.10. The number of carbonyl (C=O) groups excluding carboxylic acids is 1. The fourth-order valence-electron chi connectivity index (χ4n) is 2.25. The topological polar surface area (TPSA) is 56.8 Å². The van der Waals surface area contributed by atoms with Gasteiger partial charge < -0.3 is 19.5 Å². The Morgan fingerprint density at radius 3 is 2.52 bits per heavy atom. The van der Waals surface area contributed by atoms with E-state index >= 15 is 0 Å². The first kappa shape index (κ1) is 21.6. The van der Waals surface area contributed by atoms with E-state index in [0.29, 0.717) is 30.4 Å². The molecular weight excluding hydrogens is 478 g/mol. The number of ether oxygens (including phenoxy) is 3. The molecule has 0 bridgehead atoms. The molecule has 0 spiro atoms. The fourth-order valence-corrected chi connectivity index (χ4v) is 3.42. The van der Waals surface area contributed by atoms with Crippen molar-refractivity contribution in [3.05, 3.63) is 50.9 Å². The first-order valence-corrected chi connectivity index (χ1v) is 10.3. The van der Waals surface area contributed by atoms with Crippen LogP contribution in [-0.4, -0.2) is 26.2 Å².